The second-order valence-corrected chi connectivity index (χ2v) is 5.06. The summed E-state index contributed by atoms with van der Waals surface area (Å²) >= 11 is 0. The highest BCUT2D eigenvalue weighted by atomic mass is 16.3. The standard InChI is InChI=1S/C14H24N2O/c1-3-7-16-8-4-14(5-9-16)15-12(2)13-6-10-17-11-13/h6,10-12,14-15H,3-5,7-9H2,1-2H3. The number of nitrogens with one attached hydrogen (secondary N) is 1. The second-order valence-electron chi connectivity index (χ2n) is 5.06. The maximum absolute atomic E-state index is 5.13. The molecule has 2 rings (SSSR count). The van der Waals surface area contributed by atoms with Crippen molar-refractivity contribution in [1.29, 1.82) is 0 Å². The van der Waals surface area contributed by atoms with Gasteiger partial charge in [0, 0.05) is 17.6 Å². The average molecular weight is 236 g/mol. The number of nitrogens with zero attached hydrogens (tertiary/aromatic N) is 1. The van der Waals surface area contributed by atoms with Crippen LogP contribution in [-0.2, 0) is 0 Å². The Bertz CT molecular complexity index is 302. The summed E-state index contributed by atoms with van der Waals surface area (Å²) < 4.78 is 5.13. The third-order valence-corrected chi connectivity index (χ3v) is 3.66. The van der Waals surface area contributed by atoms with Crippen LogP contribution in [0.2, 0.25) is 0 Å². The van der Waals surface area contributed by atoms with Gasteiger partial charge in [-0.2, -0.15) is 0 Å². The van der Waals surface area contributed by atoms with Gasteiger partial charge < -0.3 is 14.6 Å². The van der Waals surface area contributed by atoms with Gasteiger partial charge in [0.05, 0.1) is 12.5 Å². The molecule has 1 N–H and O–H groups in total. The molecule has 3 heteroatoms. The van der Waals surface area contributed by atoms with E-state index in [1.165, 1.54) is 44.5 Å². The Morgan fingerprint density at radius 3 is 2.82 bits per heavy atom. The molecule has 0 radical (unpaired) electrons. The van der Waals surface area contributed by atoms with Crippen molar-refractivity contribution in [2.24, 2.45) is 0 Å². The van der Waals surface area contributed by atoms with Crippen LogP contribution >= 0.6 is 0 Å². The van der Waals surface area contributed by atoms with Crippen LogP contribution in [0.15, 0.2) is 23.0 Å². The lowest BCUT2D eigenvalue weighted by Crippen LogP contribution is -2.43. The maximum Gasteiger partial charge on any atom is 0.0950 e. The molecule has 1 unspecified atom stereocenters. The quantitative estimate of drug-likeness (QED) is 0.852. The van der Waals surface area contributed by atoms with E-state index >= 15 is 0 Å². The minimum absolute atomic E-state index is 0.400. The lowest BCUT2D eigenvalue weighted by Gasteiger charge is -2.33. The summed E-state index contributed by atoms with van der Waals surface area (Å²) in [6, 6.07) is 3.11. The van der Waals surface area contributed by atoms with E-state index < -0.39 is 0 Å². The normalized spacial score (nSPS) is 20.6. The molecule has 2 heterocycles. The first kappa shape index (κ1) is 12.7. The average Bonchev–Trinajstić information content (AvgIpc) is 2.86. The molecule has 3 nitrogen and oxygen atoms in total. The van der Waals surface area contributed by atoms with Gasteiger partial charge in [-0.15, -0.1) is 0 Å². The van der Waals surface area contributed by atoms with E-state index in [1.54, 1.807) is 6.26 Å². The highest BCUT2D eigenvalue weighted by Gasteiger charge is 2.20. The van der Waals surface area contributed by atoms with E-state index in [-0.39, 0.29) is 0 Å². The van der Waals surface area contributed by atoms with Crippen molar-refractivity contribution in [3.8, 4) is 0 Å². The predicted octanol–water partition coefficient (Wildman–Crippen LogP) is 2.80. The SMILES string of the molecule is CCCN1CCC(NC(C)c2ccoc2)CC1. The lowest BCUT2D eigenvalue weighted by atomic mass is 10.0. The number of furan rings is 1. The summed E-state index contributed by atoms with van der Waals surface area (Å²) in [5, 5.41) is 3.70. The molecule has 1 aromatic heterocycles. The molecule has 1 aromatic rings. The fraction of sp³-hybridized carbons (Fsp3) is 0.714. The second kappa shape index (κ2) is 6.22. The number of hydrogen-bond donors (Lipinski definition) is 1. The van der Waals surface area contributed by atoms with Crippen molar-refractivity contribution < 1.29 is 4.42 Å². The minimum Gasteiger partial charge on any atom is -0.472 e. The molecule has 17 heavy (non-hydrogen) atoms. The fourth-order valence-corrected chi connectivity index (χ4v) is 2.61. The molecule has 1 atom stereocenters. The van der Waals surface area contributed by atoms with Crippen molar-refractivity contribution in [3.63, 3.8) is 0 Å². The molecule has 0 aliphatic carbocycles. The van der Waals surface area contributed by atoms with E-state index in [2.05, 4.69) is 24.1 Å². The van der Waals surface area contributed by atoms with Crippen LogP contribution in [0.1, 0.15) is 44.7 Å². The van der Waals surface area contributed by atoms with Crippen LogP contribution in [0, 0.1) is 0 Å². The van der Waals surface area contributed by atoms with Gasteiger partial charge in [0.15, 0.2) is 0 Å². The number of piperidine rings is 1. The Labute approximate surface area is 104 Å². The van der Waals surface area contributed by atoms with Gasteiger partial charge in [0.1, 0.15) is 0 Å². The molecule has 1 fully saturated rings. The van der Waals surface area contributed by atoms with Crippen molar-refractivity contribution in [3.05, 3.63) is 24.2 Å². The first-order valence-corrected chi connectivity index (χ1v) is 6.80. The molecule has 96 valence electrons. The summed E-state index contributed by atoms with van der Waals surface area (Å²) in [6.45, 7) is 8.20. The van der Waals surface area contributed by atoms with Gasteiger partial charge in [-0.05, 0) is 51.9 Å². The van der Waals surface area contributed by atoms with E-state index in [0.29, 0.717) is 12.1 Å². The summed E-state index contributed by atoms with van der Waals surface area (Å²) in [6.07, 6.45) is 7.38. The van der Waals surface area contributed by atoms with Crippen molar-refractivity contribution >= 4 is 0 Å². The Kier molecular flexibility index (Phi) is 4.63. The number of rotatable bonds is 5. The van der Waals surface area contributed by atoms with Crippen molar-refractivity contribution in [1.82, 2.24) is 10.2 Å². The summed E-state index contributed by atoms with van der Waals surface area (Å²) in [4.78, 5) is 2.57. The molecular weight excluding hydrogens is 212 g/mol. The number of hydrogen-bond acceptors (Lipinski definition) is 3. The zero-order chi connectivity index (χ0) is 12.1. The maximum atomic E-state index is 5.13. The van der Waals surface area contributed by atoms with Gasteiger partial charge in [-0.25, -0.2) is 0 Å². The van der Waals surface area contributed by atoms with Crippen LogP contribution in [0.25, 0.3) is 0 Å². The third-order valence-electron chi connectivity index (χ3n) is 3.66. The monoisotopic (exact) mass is 236 g/mol. The van der Waals surface area contributed by atoms with Crippen LogP contribution < -0.4 is 5.32 Å². The molecule has 1 aliphatic heterocycles. The first-order chi connectivity index (χ1) is 8.29. The summed E-state index contributed by atoms with van der Waals surface area (Å²) in [7, 11) is 0. The van der Waals surface area contributed by atoms with Gasteiger partial charge in [0.2, 0.25) is 0 Å². The molecule has 0 bridgehead atoms. The van der Waals surface area contributed by atoms with Gasteiger partial charge in [-0.3, -0.25) is 0 Å². The molecular formula is C14H24N2O. The topological polar surface area (TPSA) is 28.4 Å². The van der Waals surface area contributed by atoms with Gasteiger partial charge in [0.25, 0.3) is 0 Å². The minimum atomic E-state index is 0.400. The highest BCUT2D eigenvalue weighted by Crippen LogP contribution is 2.17. The molecule has 0 saturated carbocycles. The summed E-state index contributed by atoms with van der Waals surface area (Å²) in [5.41, 5.74) is 1.25. The Balaban J connectivity index is 1.74. The van der Waals surface area contributed by atoms with Crippen LogP contribution in [0.4, 0.5) is 0 Å². The van der Waals surface area contributed by atoms with Crippen LogP contribution in [0.3, 0.4) is 0 Å². The highest BCUT2D eigenvalue weighted by molar-refractivity contribution is 5.10. The third kappa shape index (κ3) is 3.58. The van der Waals surface area contributed by atoms with Crippen molar-refractivity contribution in [2.45, 2.75) is 45.2 Å². The van der Waals surface area contributed by atoms with Gasteiger partial charge >= 0.3 is 0 Å². The Hall–Kier alpha value is -0.800. The molecule has 1 aliphatic rings. The molecule has 0 aromatic carbocycles. The molecule has 0 spiro atoms. The van der Waals surface area contributed by atoms with E-state index in [0.717, 1.165) is 0 Å². The van der Waals surface area contributed by atoms with Crippen LogP contribution in [-0.4, -0.2) is 30.6 Å². The van der Waals surface area contributed by atoms with Gasteiger partial charge in [-0.1, -0.05) is 6.92 Å². The molecule has 1 saturated heterocycles. The zero-order valence-electron chi connectivity index (χ0n) is 11.0. The fourth-order valence-electron chi connectivity index (χ4n) is 2.61. The first-order valence-electron chi connectivity index (χ1n) is 6.80. The zero-order valence-corrected chi connectivity index (χ0v) is 11.0. The Morgan fingerprint density at radius 1 is 1.47 bits per heavy atom. The summed E-state index contributed by atoms with van der Waals surface area (Å²) in [5.74, 6) is 0. The van der Waals surface area contributed by atoms with Crippen molar-refractivity contribution in [2.75, 3.05) is 19.6 Å². The van der Waals surface area contributed by atoms with E-state index in [9.17, 15) is 0 Å². The van der Waals surface area contributed by atoms with E-state index in [4.69, 9.17) is 4.42 Å². The smallest absolute Gasteiger partial charge is 0.0950 e. The number of likely N-dealkylation sites (tertiary alicyclic amines) is 1. The van der Waals surface area contributed by atoms with E-state index in [1.807, 2.05) is 12.3 Å². The lowest BCUT2D eigenvalue weighted by molar-refractivity contribution is 0.192. The Morgan fingerprint density at radius 2 is 2.24 bits per heavy atom. The largest absolute Gasteiger partial charge is 0.472 e. The van der Waals surface area contributed by atoms with Crippen LogP contribution in [0.5, 0.6) is 0 Å². The predicted molar refractivity (Wildman–Crippen MR) is 70.0 cm³/mol. The molecule has 0 amide bonds.